The molecule has 7 heteroatoms. The molecule has 0 aromatic carbocycles. The van der Waals surface area contributed by atoms with Gasteiger partial charge >= 0.3 is 0 Å². The highest BCUT2D eigenvalue weighted by molar-refractivity contribution is 7.09. The van der Waals surface area contributed by atoms with E-state index >= 15 is 0 Å². The third-order valence-electron chi connectivity index (χ3n) is 3.17. The number of nitrogens with one attached hydrogen (secondary N) is 1. The van der Waals surface area contributed by atoms with E-state index in [1.54, 1.807) is 23.6 Å². The van der Waals surface area contributed by atoms with Gasteiger partial charge in [-0.15, -0.1) is 11.3 Å². The molecule has 0 fully saturated rings. The average Bonchev–Trinajstić information content (AvgIpc) is 3.10. The summed E-state index contributed by atoms with van der Waals surface area (Å²) < 4.78 is 1.85. The van der Waals surface area contributed by atoms with E-state index in [9.17, 15) is 4.79 Å². The summed E-state index contributed by atoms with van der Waals surface area (Å²) in [5, 5.41) is 6.51. The molecule has 3 heterocycles. The summed E-state index contributed by atoms with van der Waals surface area (Å²) in [6.07, 6.45) is 4.85. The third-order valence-corrected chi connectivity index (χ3v) is 4.44. The maximum Gasteiger partial charge on any atom is 0.226 e. The van der Waals surface area contributed by atoms with Crippen molar-refractivity contribution in [2.24, 2.45) is 0 Å². The number of aromatic nitrogens is 3. The van der Waals surface area contributed by atoms with Crippen LogP contribution >= 0.6 is 22.9 Å². The van der Waals surface area contributed by atoms with E-state index in [-0.39, 0.29) is 5.91 Å². The zero-order chi connectivity index (χ0) is 15.5. The lowest BCUT2D eigenvalue weighted by Gasteiger charge is -2.01. The van der Waals surface area contributed by atoms with Gasteiger partial charge in [0.2, 0.25) is 5.91 Å². The van der Waals surface area contributed by atoms with E-state index in [0.29, 0.717) is 18.0 Å². The Balaban J connectivity index is 1.59. The summed E-state index contributed by atoms with van der Waals surface area (Å²) in [4.78, 5) is 20.8. The van der Waals surface area contributed by atoms with Crippen LogP contribution in [0.15, 0.2) is 29.9 Å². The first-order valence-electron chi connectivity index (χ1n) is 6.97. The molecule has 0 aliphatic heterocycles. The van der Waals surface area contributed by atoms with Crippen LogP contribution < -0.4 is 5.32 Å². The number of hydrogen-bond acceptors (Lipinski definition) is 4. The normalized spacial score (nSPS) is 11.0. The van der Waals surface area contributed by atoms with Crippen LogP contribution in [0.4, 0.5) is 0 Å². The number of nitrogens with zero attached hydrogens (tertiary/aromatic N) is 3. The molecule has 0 bridgehead atoms. The lowest BCUT2D eigenvalue weighted by Crippen LogP contribution is -2.24. The lowest BCUT2D eigenvalue weighted by molar-refractivity contribution is -0.120. The van der Waals surface area contributed by atoms with Crippen LogP contribution in [0.5, 0.6) is 0 Å². The Hall–Kier alpha value is -1.92. The molecule has 0 saturated heterocycles. The van der Waals surface area contributed by atoms with Gasteiger partial charge in [-0.2, -0.15) is 0 Å². The van der Waals surface area contributed by atoms with Crippen molar-refractivity contribution in [1.29, 1.82) is 0 Å². The SMILES string of the molecule is CCc1nc(CC(=O)NCc2cn3cc(Cl)ccc3n2)cs1. The molecule has 1 N–H and O–H groups in total. The largest absolute Gasteiger partial charge is 0.350 e. The molecule has 0 aliphatic carbocycles. The number of fused-ring (bicyclic) bond motifs is 1. The molecule has 0 radical (unpaired) electrons. The van der Waals surface area contributed by atoms with Gasteiger partial charge in [0.15, 0.2) is 0 Å². The Morgan fingerprint density at radius 2 is 2.18 bits per heavy atom. The summed E-state index contributed by atoms with van der Waals surface area (Å²) in [5.41, 5.74) is 2.42. The summed E-state index contributed by atoms with van der Waals surface area (Å²) in [6.45, 7) is 2.45. The topological polar surface area (TPSA) is 59.3 Å². The van der Waals surface area contributed by atoms with Gasteiger partial charge in [-0.1, -0.05) is 18.5 Å². The van der Waals surface area contributed by atoms with Crippen LogP contribution in [-0.4, -0.2) is 20.3 Å². The van der Waals surface area contributed by atoms with Crippen LogP contribution in [0.25, 0.3) is 5.65 Å². The fraction of sp³-hybridized carbons (Fsp3) is 0.267. The van der Waals surface area contributed by atoms with E-state index in [1.165, 1.54) is 0 Å². The number of halogens is 1. The van der Waals surface area contributed by atoms with E-state index in [2.05, 4.69) is 22.2 Å². The maximum absolute atomic E-state index is 12.0. The summed E-state index contributed by atoms with van der Waals surface area (Å²) in [6, 6.07) is 3.63. The quantitative estimate of drug-likeness (QED) is 0.780. The molecule has 1 amide bonds. The number of aryl methyl sites for hydroxylation is 1. The molecule has 114 valence electrons. The molecule has 3 aromatic heterocycles. The van der Waals surface area contributed by atoms with Crippen molar-refractivity contribution in [2.75, 3.05) is 0 Å². The second-order valence-electron chi connectivity index (χ2n) is 4.88. The number of amides is 1. The first-order valence-corrected chi connectivity index (χ1v) is 8.23. The predicted octanol–water partition coefficient (Wildman–Crippen LogP) is 2.87. The highest BCUT2D eigenvalue weighted by atomic mass is 35.5. The Morgan fingerprint density at radius 3 is 2.95 bits per heavy atom. The number of carbonyl (C=O) groups excluding carboxylic acids is 1. The van der Waals surface area contributed by atoms with Gasteiger partial charge in [-0.25, -0.2) is 9.97 Å². The number of hydrogen-bond donors (Lipinski definition) is 1. The Kier molecular flexibility index (Phi) is 4.40. The van der Waals surface area contributed by atoms with Crippen molar-refractivity contribution in [3.05, 3.63) is 51.3 Å². The number of pyridine rings is 1. The molecule has 0 spiro atoms. The minimum absolute atomic E-state index is 0.0527. The van der Waals surface area contributed by atoms with Crippen molar-refractivity contribution in [3.63, 3.8) is 0 Å². The smallest absolute Gasteiger partial charge is 0.226 e. The van der Waals surface area contributed by atoms with Crippen LogP contribution in [0, 0.1) is 0 Å². The highest BCUT2D eigenvalue weighted by Crippen LogP contribution is 2.12. The van der Waals surface area contributed by atoms with Crippen molar-refractivity contribution in [2.45, 2.75) is 26.3 Å². The average molecular weight is 335 g/mol. The molecule has 3 aromatic rings. The number of thiazole rings is 1. The lowest BCUT2D eigenvalue weighted by atomic mass is 10.3. The fourth-order valence-corrected chi connectivity index (χ4v) is 3.02. The third kappa shape index (κ3) is 3.45. The Morgan fingerprint density at radius 1 is 1.32 bits per heavy atom. The minimum atomic E-state index is -0.0527. The standard InChI is InChI=1S/C15H15ClN4OS/c1-2-15-19-11(9-22-15)5-14(21)17-6-12-8-20-7-10(16)3-4-13(20)18-12/h3-4,7-9H,2,5-6H2,1H3,(H,17,21). The molecular weight excluding hydrogens is 320 g/mol. The summed E-state index contributed by atoms with van der Waals surface area (Å²) in [7, 11) is 0. The van der Waals surface area contributed by atoms with Crippen molar-refractivity contribution >= 4 is 34.5 Å². The zero-order valence-corrected chi connectivity index (χ0v) is 13.6. The van der Waals surface area contributed by atoms with Crippen LogP contribution in [0.2, 0.25) is 5.02 Å². The minimum Gasteiger partial charge on any atom is -0.350 e. The number of carbonyl (C=O) groups is 1. The first kappa shape index (κ1) is 15.0. The second kappa shape index (κ2) is 6.46. The number of imidazole rings is 1. The molecule has 5 nitrogen and oxygen atoms in total. The molecule has 0 unspecified atom stereocenters. The van der Waals surface area contributed by atoms with E-state index in [0.717, 1.165) is 28.5 Å². The maximum atomic E-state index is 12.0. The van der Waals surface area contributed by atoms with E-state index in [1.807, 2.05) is 22.0 Å². The van der Waals surface area contributed by atoms with Crippen LogP contribution in [-0.2, 0) is 24.2 Å². The fourth-order valence-electron chi connectivity index (χ4n) is 2.11. The van der Waals surface area contributed by atoms with Gasteiger partial charge in [0.05, 0.1) is 34.4 Å². The second-order valence-corrected chi connectivity index (χ2v) is 6.26. The highest BCUT2D eigenvalue weighted by Gasteiger charge is 2.08. The van der Waals surface area contributed by atoms with E-state index < -0.39 is 0 Å². The van der Waals surface area contributed by atoms with Crippen LogP contribution in [0.3, 0.4) is 0 Å². The van der Waals surface area contributed by atoms with Gasteiger partial charge in [0, 0.05) is 17.8 Å². The molecule has 0 atom stereocenters. The van der Waals surface area contributed by atoms with Crippen molar-refractivity contribution in [1.82, 2.24) is 19.7 Å². The van der Waals surface area contributed by atoms with Gasteiger partial charge in [-0.05, 0) is 18.6 Å². The van der Waals surface area contributed by atoms with E-state index in [4.69, 9.17) is 11.6 Å². The van der Waals surface area contributed by atoms with Crippen molar-refractivity contribution < 1.29 is 4.79 Å². The van der Waals surface area contributed by atoms with Gasteiger partial charge in [0.25, 0.3) is 0 Å². The van der Waals surface area contributed by atoms with Gasteiger partial charge in [-0.3, -0.25) is 4.79 Å². The Labute approximate surface area is 137 Å². The molecule has 22 heavy (non-hydrogen) atoms. The number of rotatable bonds is 5. The molecule has 0 aliphatic rings. The summed E-state index contributed by atoms with van der Waals surface area (Å²) >= 11 is 7.53. The monoisotopic (exact) mass is 334 g/mol. The Bertz CT molecular complexity index is 811. The first-order chi connectivity index (χ1) is 10.6. The van der Waals surface area contributed by atoms with Crippen molar-refractivity contribution in [3.8, 4) is 0 Å². The zero-order valence-electron chi connectivity index (χ0n) is 12.0. The molecule has 0 saturated carbocycles. The molecular formula is C15H15ClN4OS. The van der Waals surface area contributed by atoms with Gasteiger partial charge in [0.1, 0.15) is 5.65 Å². The van der Waals surface area contributed by atoms with Gasteiger partial charge < -0.3 is 9.72 Å². The molecule has 3 rings (SSSR count). The summed E-state index contributed by atoms with van der Waals surface area (Å²) in [5.74, 6) is -0.0527. The predicted molar refractivity (Wildman–Crippen MR) is 87.2 cm³/mol. The van der Waals surface area contributed by atoms with Crippen LogP contribution in [0.1, 0.15) is 23.3 Å².